The molecular formula is C13H18N2S. The maximum atomic E-state index is 5.42. The quantitative estimate of drug-likeness (QED) is 0.695. The third-order valence-electron chi connectivity index (χ3n) is 2.61. The summed E-state index contributed by atoms with van der Waals surface area (Å²) in [5.74, 6) is 0. The van der Waals surface area contributed by atoms with Gasteiger partial charge in [-0.1, -0.05) is 24.3 Å². The van der Waals surface area contributed by atoms with Gasteiger partial charge in [-0.15, -0.1) is 0 Å². The second-order valence-corrected chi connectivity index (χ2v) is 5.69. The molecule has 16 heavy (non-hydrogen) atoms. The molecule has 0 atom stereocenters. The second-order valence-electron chi connectivity index (χ2n) is 5.30. The number of thiocarbonyl (C=S) groups is 1. The van der Waals surface area contributed by atoms with Crippen LogP contribution in [0.5, 0.6) is 0 Å². The summed E-state index contributed by atoms with van der Waals surface area (Å²) in [4.78, 5) is 2.21. The van der Waals surface area contributed by atoms with E-state index in [9.17, 15) is 0 Å². The van der Waals surface area contributed by atoms with Gasteiger partial charge in [0.15, 0.2) is 5.11 Å². The standard InChI is InChI=1S/C13H18N2S/c1-13(2,3)14-12(16)15-8-10-6-4-5-7-11(10)9-15/h4-7H,8-9H2,1-3H3,(H,14,16). The number of benzene rings is 1. The van der Waals surface area contributed by atoms with Crippen molar-refractivity contribution < 1.29 is 0 Å². The molecule has 0 saturated carbocycles. The van der Waals surface area contributed by atoms with E-state index in [1.807, 2.05) is 0 Å². The molecule has 0 radical (unpaired) electrons. The fourth-order valence-electron chi connectivity index (χ4n) is 1.88. The molecule has 2 nitrogen and oxygen atoms in total. The Kier molecular flexibility index (Phi) is 2.89. The molecule has 0 fully saturated rings. The predicted molar refractivity (Wildman–Crippen MR) is 71.2 cm³/mol. The van der Waals surface area contributed by atoms with Gasteiger partial charge < -0.3 is 10.2 Å². The molecule has 1 N–H and O–H groups in total. The van der Waals surface area contributed by atoms with Crippen molar-refractivity contribution in [3.63, 3.8) is 0 Å². The number of rotatable bonds is 0. The maximum absolute atomic E-state index is 5.42. The molecular weight excluding hydrogens is 216 g/mol. The molecule has 0 aliphatic carbocycles. The summed E-state index contributed by atoms with van der Waals surface area (Å²) in [6, 6.07) is 8.52. The molecule has 0 unspecified atom stereocenters. The van der Waals surface area contributed by atoms with Crippen LogP contribution < -0.4 is 5.32 Å². The van der Waals surface area contributed by atoms with Crippen LogP contribution >= 0.6 is 12.2 Å². The Morgan fingerprint density at radius 3 is 2.12 bits per heavy atom. The van der Waals surface area contributed by atoms with E-state index >= 15 is 0 Å². The molecule has 2 rings (SSSR count). The Morgan fingerprint density at radius 2 is 1.69 bits per heavy atom. The van der Waals surface area contributed by atoms with Gasteiger partial charge in [0.2, 0.25) is 0 Å². The minimum atomic E-state index is 0.0336. The van der Waals surface area contributed by atoms with Crippen molar-refractivity contribution >= 4 is 17.3 Å². The van der Waals surface area contributed by atoms with Gasteiger partial charge in [0.05, 0.1) is 0 Å². The first-order valence-corrected chi connectivity index (χ1v) is 6.00. The number of hydrogen-bond donors (Lipinski definition) is 1. The third-order valence-corrected chi connectivity index (χ3v) is 2.97. The lowest BCUT2D eigenvalue weighted by Crippen LogP contribution is -2.46. The van der Waals surface area contributed by atoms with Gasteiger partial charge >= 0.3 is 0 Å². The molecule has 0 bridgehead atoms. The number of fused-ring (bicyclic) bond motifs is 1. The number of hydrogen-bond acceptors (Lipinski definition) is 1. The smallest absolute Gasteiger partial charge is 0.169 e. The molecule has 1 aromatic carbocycles. The summed E-state index contributed by atoms with van der Waals surface area (Å²) < 4.78 is 0. The molecule has 0 amide bonds. The monoisotopic (exact) mass is 234 g/mol. The number of nitrogens with zero attached hydrogens (tertiary/aromatic N) is 1. The lowest BCUT2D eigenvalue weighted by Gasteiger charge is -2.28. The van der Waals surface area contributed by atoms with E-state index in [1.165, 1.54) is 11.1 Å². The zero-order valence-electron chi connectivity index (χ0n) is 10.1. The molecule has 3 heteroatoms. The zero-order valence-corrected chi connectivity index (χ0v) is 10.9. The molecule has 1 aliphatic heterocycles. The van der Waals surface area contributed by atoms with Crippen molar-refractivity contribution in [1.82, 2.24) is 10.2 Å². The average molecular weight is 234 g/mol. The molecule has 1 aliphatic rings. The van der Waals surface area contributed by atoms with Crippen LogP contribution in [0.2, 0.25) is 0 Å². The van der Waals surface area contributed by atoms with Crippen LogP contribution in [0.15, 0.2) is 24.3 Å². The minimum absolute atomic E-state index is 0.0336. The summed E-state index contributed by atoms with van der Waals surface area (Å²) in [7, 11) is 0. The minimum Gasteiger partial charge on any atom is -0.358 e. The van der Waals surface area contributed by atoms with Gasteiger partial charge in [-0.3, -0.25) is 0 Å². The van der Waals surface area contributed by atoms with Crippen molar-refractivity contribution in [2.24, 2.45) is 0 Å². The van der Waals surface area contributed by atoms with Crippen LogP contribution in [0.4, 0.5) is 0 Å². The fraction of sp³-hybridized carbons (Fsp3) is 0.462. The Hall–Kier alpha value is -1.09. The summed E-state index contributed by atoms with van der Waals surface area (Å²) in [5.41, 5.74) is 2.81. The van der Waals surface area contributed by atoms with Crippen LogP contribution in [0.3, 0.4) is 0 Å². The Balaban J connectivity index is 2.04. The first-order chi connectivity index (χ1) is 7.46. The Morgan fingerprint density at radius 1 is 1.19 bits per heavy atom. The van der Waals surface area contributed by atoms with Crippen LogP contribution in [-0.4, -0.2) is 15.6 Å². The van der Waals surface area contributed by atoms with Gasteiger partial charge in [0.25, 0.3) is 0 Å². The van der Waals surface area contributed by atoms with E-state index in [-0.39, 0.29) is 5.54 Å². The number of nitrogens with one attached hydrogen (secondary N) is 1. The van der Waals surface area contributed by atoms with E-state index < -0.39 is 0 Å². The van der Waals surface area contributed by atoms with E-state index in [2.05, 4.69) is 55.3 Å². The van der Waals surface area contributed by atoms with E-state index in [0.717, 1.165) is 18.2 Å². The highest BCUT2D eigenvalue weighted by atomic mass is 32.1. The average Bonchev–Trinajstić information content (AvgIpc) is 2.58. The maximum Gasteiger partial charge on any atom is 0.169 e. The fourth-order valence-corrected chi connectivity index (χ4v) is 2.31. The predicted octanol–water partition coefficient (Wildman–Crippen LogP) is 2.68. The van der Waals surface area contributed by atoms with Crippen molar-refractivity contribution in [1.29, 1.82) is 0 Å². The molecule has 86 valence electrons. The van der Waals surface area contributed by atoms with Gasteiger partial charge in [0, 0.05) is 18.6 Å². The molecule has 0 saturated heterocycles. The lowest BCUT2D eigenvalue weighted by atomic mass is 10.1. The molecule has 0 aromatic heterocycles. The first-order valence-electron chi connectivity index (χ1n) is 5.59. The summed E-state index contributed by atoms with van der Waals surface area (Å²) in [6.07, 6.45) is 0. The lowest BCUT2D eigenvalue weighted by molar-refractivity contribution is 0.405. The van der Waals surface area contributed by atoms with Gasteiger partial charge in [-0.05, 0) is 44.1 Å². The van der Waals surface area contributed by atoms with Crippen LogP contribution in [0, 0.1) is 0 Å². The first kappa shape index (κ1) is 11.4. The van der Waals surface area contributed by atoms with Crippen molar-refractivity contribution in [2.75, 3.05) is 0 Å². The third kappa shape index (κ3) is 2.53. The van der Waals surface area contributed by atoms with E-state index in [0.29, 0.717) is 0 Å². The molecule has 1 heterocycles. The largest absolute Gasteiger partial charge is 0.358 e. The Bertz CT molecular complexity index is 382. The topological polar surface area (TPSA) is 15.3 Å². The van der Waals surface area contributed by atoms with Gasteiger partial charge in [0.1, 0.15) is 0 Å². The normalized spacial score (nSPS) is 14.8. The summed E-state index contributed by atoms with van der Waals surface area (Å²) in [5, 5.41) is 4.20. The van der Waals surface area contributed by atoms with Crippen molar-refractivity contribution in [3.05, 3.63) is 35.4 Å². The van der Waals surface area contributed by atoms with Crippen molar-refractivity contribution in [2.45, 2.75) is 39.4 Å². The molecule has 0 spiro atoms. The second kappa shape index (κ2) is 4.06. The van der Waals surface area contributed by atoms with Gasteiger partial charge in [-0.25, -0.2) is 0 Å². The highest BCUT2D eigenvalue weighted by molar-refractivity contribution is 7.80. The van der Waals surface area contributed by atoms with E-state index in [4.69, 9.17) is 12.2 Å². The van der Waals surface area contributed by atoms with Gasteiger partial charge in [-0.2, -0.15) is 0 Å². The SMILES string of the molecule is CC(C)(C)NC(=S)N1Cc2ccccc2C1. The van der Waals surface area contributed by atoms with Crippen molar-refractivity contribution in [3.8, 4) is 0 Å². The highest BCUT2D eigenvalue weighted by Crippen LogP contribution is 2.22. The highest BCUT2D eigenvalue weighted by Gasteiger charge is 2.22. The van der Waals surface area contributed by atoms with E-state index in [1.54, 1.807) is 0 Å². The summed E-state index contributed by atoms with van der Waals surface area (Å²) in [6.45, 7) is 8.24. The summed E-state index contributed by atoms with van der Waals surface area (Å²) >= 11 is 5.42. The zero-order chi connectivity index (χ0) is 11.8. The molecule has 1 aromatic rings. The van der Waals surface area contributed by atoms with Crippen LogP contribution in [0.1, 0.15) is 31.9 Å². The Labute approximate surface area is 103 Å². The van der Waals surface area contributed by atoms with Crippen LogP contribution in [0.25, 0.3) is 0 Å². The van der Waals surface area contributed by atoms with Crippen LogP contribution in [-0.2, 0) is 13.1 Å².